The first-order chi connectivity index (χ1) is 9.45. The molecule has 2 atom stereocenters. The van der Waals surface area contributed by atoms with E-state index in [-0.39, 0.29) is 30.4 Å². The van der Waals surface area contributed by atoms with Crippen molar-refractivity contribution >= 4 is 12.6 Å². The van der Waals surface area contributed by atoms with Crippen LogP contribution in [0.3, 0.4) is 0 Å². The molecule has 0 aliphatic carbocycles. The molecule has 1 saturated heterocycles. The molecule has 2 unspecified atom stereocenters. The average molecular weight is 282 g/mol. The Bertz CT molecular complexity index is 445. The summed E-state index contributed by atoms with van der Waals surface area (Å²) in [6.07, 6.45) is 1.98. The van der Waals surface area contributed by atoms with Crippen molar-refractivity contribution in [3.05, 3.63) is 29.6 Å². The lowest BCUT2D eigenvalue weighted by atomic mass is 9.80. The fourth-order valence-electron chi connectivity index (χ4n) is 2.53. The number of halogens is 1. The molecule has 0 amide bonds. The molecule has 0 bridgehead atoms. The Morgan fingerprint density at radius 3 is 2.50 bits per heavy atom. The standard InChI is InChI=1S/C14H20BFO4/c1-9-5-13(6-10(2)20-9)19-8-11-3-4-12(15(17)18)7-14(11)16/h3-4,7,9-10,13,17-18H,5-6,8H2,1-2H3. The van der Waals surface area contributed by atoms with Crippen molar-refractivity contribution in [2.75, 3.05) is 0 Å². The van der Waals surface area contributed by atoms with Crippen molar-refractivity contribution in [2.45, 2.75) is 51.6 Å². The van der Waals surface area contributed by atoms with Crippen LogP contribution in [0.2, 0.25) is 0 Å². The van der Waals surface area contributed by atoms with Gasteiger partial charge in [-0.15, -0.1) is 0 Å². The molecule has 1 aromatic carbocycles. The first-order valence-corrected chi connectivity index (χ1v) is 6.87. The maximum atomic E-state index is 13.8. The van der Waals surface area contributed by atoms with E-state index in [0.29, 0.717) is 5.56 Å². The lowest BCUT2D eigenvalue weighted by Crippen LogP contribution is -2.34. The van der Waals surface area contributed by atoms with E-state index in [1.54, 1.807) is 0 Å². The molecule has 0 radical (unpaired) electrons. The third-order valence-electron chi connectivity index (χ3n) is 3.50. The van der Waals surface area contributed by atoms with E-state index in [4.69, 9.17) is 19.5 Å². The number of benzene rings is 1. The van der Waals surface area contributed by atoms with Crippen molar-refractivity contribution in [1.29, 1.82) is 0 Å². The van der Waals surface area contributed by atoms with Gasteiger partial charge in [-0.05, 0) is 38.2 Å². The SMILES string of the molecule is CC1CC(OCc2ccc(B(O)O)cc2F)CC(C)O1. The van der Waals surface area contributed by atoms with Crippen LogP contribution in [0.1, 0.15) is 32.3 Å². The summed E-state index contributed by atoms with van der Waals surface area (Å²) in [6.45, 7) is 4.19. The minimum absolute atomic E-state index is 0.0660. The maximum Gasteiger partial charge on any atom is 0.488 e. The molecule has 1 aliphatic heterocycles. The number of hydrogen-bond donors (Lipinski definition) is 2. The van der Waals surface area contributed by atoms with Crippen LogP contribution in [0.15, 0.2) is 18.2 Å². The first kappa shape index (κ1) is 15.4. The highest BCUT2D eigenvalue weighted by Crippen LogP contribution is 2.22. The van der Waals surface area contributed by atoms with Gasteiger partial charge in [-0.1, -0.05) is 12.1 Å². The zero-order valence-electron chi connectivity index (χ0n) is 11.8. The number of ether oxygens (including phenoxy) is 2. The van der Waals surface area contributed by atoms with Crippen LogP contribution >= 0.6 is 0 Å². The smallest absolute Gasteiger partial charge is 0.423 e. The molecular weight excluding hydrogens is 262 g/mol. The summed E-state index contributed by atoms with van der Waals surface area (Å²) in [5, 5.41) is 17.9. The van der Waals surface area contributed by atoms with Gasteiger partial charge in [0.05, 0.1) is 24.9 Å². The molecule has 0 spiro atoms. The fourth-order valence-corrected chi connectivity index (χ4v) is 2.53. The molecule has 2 N–H and O–H groups in total. The Hall–Kier alpha value is -0.945. The van der Waals surface area contributed by atoms with Crippen LogP contribution in [0.4, 0.5) is 4.39 Å². The number of hydrogen-bond acceptors (Lipinski definition) is 4. The fraction of sp³-hybridized carbons (Fsp3) is 0.571. The second kappa shape index (κ2) is 6.67. The Balaban J connectivity index is 1.93. The minimum atomic E-state index is -1.66. The van der Waals surface area contributed by atoms with Crippen LogP contribution in [0.5, 0.6) is 0 Å². The molecule has 2 rings (SSSR count). The zero-order valence-corrected chi connectivity index (χ0v) is 11.8. The third-order valence-corrected chi connectivity index (χ3v) is 3.50. The van der Waals surface area contributed by atoms with Gasteiger partial charge in [0, 0.05) is 5.56 Å². The van der Waals surface area contributed by atoms with Gasteiger partial charge in [-0.2, -0.15) is 0 Å². The Labute approximate surface area is 118 Å². The summed E-state index contributed by atoms with van der Waals surface area (Å²) in [5.41, 5.74) is 0.556. The summed E-state index contributed by atoms with van der Waals surface area (Å²) >= 11 is 0. The van der Waals surface area contributed by atoms with Crippen LogP contribution < -0.4 is 5.46 Å². The van der Waals surface area contributed by atoms with Crippen LogP contribution in [0, 0.1) is 5.82 Å². The third kappa shape index (κ3) is 4.02. The Morgan fingerprint density at radius 2 is 1.95 bits per heavy atom. The van der Waals surface area contributed by atoms with E-state index in [0.717, 1.165) is 18.9 Å². The quantitative estimate of drug-likeness (QED) is 0.808. The molecule has 1 aromatic rings. The summed E-state index contributed by atoms with van der Waals surface area (Å²) in [5.74, 6) is -0.483. The minimum Gasteiger partial charge on any atom is -0.423 e. The molecule has 4 nitrogen and oxygen atoms in total. The topological polar surface area (TPSA) is 58.9 Å². The molecule has 1 heterocycles. The van der Waals surface area contributed by atoms with Gasteiger partial charge in [-0.25, -0.2) is 4.39 Å². The predicted octanol–water partition coefficient (Wildman–Crippen LogP) is 0.978. The highest BCUT2D eigenvalue weighted by atomic mass is 19.1. The first-order valence-electron chi connectivity index (χ1n) is 6.87. The van der Waals surface area contributed by atoms with Crippen molar-refractivity contribution < 1.29 is 23.9 Å². The lowest BCUT2D eigenvalue weighted by molar-refractivity contribution is -0.106. The molecular formula is C14H20BFO4. The zero-order chi connectivity index (χ0) is 14.7. The van der Waals surface area contributed by atoms with E-state index < -0.39 is 12.9 Å². The Kier molecular flexibility index (Phi) is 5.15. The van der Waals surface area contributed by atoms with Gasteiger partial charge in [0.15, 0.2) is 0 Å². The normalized spacial score (nSPS) is 26.6. The Morgan fingerprint density at radius 1 is 1.30 bits per heavy atom. The van der Waals surface area contributed by atoms with Gasteiger partial charge >= 0.3 is 7.12 Å². The maximum absolute atomic E-state index is 13.8. The van der Waals surface area contributed by atoms with Gasteiger partial charge in [0.1, 0.15) is 5.82 Å². The summed E-state index contributed by atoms with van der Waals surface area (Å²) in [6, 6.07) is 4.14. The van der Waals surface area contributed by atoms with E-state index in [1.165, 1.54) is 12.1 Å². The lowest BCUT2D eigenvalue weighted by Gasteiger charge is -2.32. The average Bonchev–Trinajstić information content (AvgIpc) is 2.36. The van der Waals surface area contributed by atoms with Crippen molar-refractivity contribution in [3.63, 3.8) is 0 Å². The monoisotopic (exact) mass is 282 g/mol. The van der Waals surface area contributed by atoms with E-state index in [2.05, 4.69) is 0 Å². The van der Waals surface area contributed by atoms with E-state index in [1.807, 2.05) is 13.8 Å². The largest absolute Gasteiger partial charge is 0.488 e. The summed E-state index contributed by atoms with van der Waals surface area (Å²) in [7, 11) is -1.66. The summed E-state index contributed by atoms with van der Waals surface area (Å²) < 4.78 is 25.2. The predicted molar refractivity (Wildman–Crippen MR) is 74.0 cm³/mol. The highest BCUT2D eigenvalue weighted by Gasteiger charge is 2.25. The number of rotatable bonds is 4. The second-order valence-corrected chi connectivity index (χ2v) is 5.39. The molecule has 110 valence electrons. The molecule has 20 heavy (non-hydrogen) atoms. The molecule has 6 heteroatoms. The van der Waals surface area contributed by atoms with Gasteiger partial charge in [0.2, 0.25) is 0 Å². The van der Waals surface area contributed by atoms with E-state index in [9.17, 15) is 4.39 Å². The molecule has 1 aliphatic rings. The van der Waals surface area contributed by atoms with Crippen molar-refractivity contribution in [2.24, 2.45) is 0 Å². The highest BCUT2D eigenvalue weighted by molar-refractivity contribution is 6.58. The van der Waals surface area contributed by atoms with Crippen LogP contribution in [-0.2, 0) is 16.1 Å². The molecule has 1 fully saturated rings. The van der Waals surface area contributed by atoms with Gasteiger partial charge in [0.25, 0.3) is 0 Å². The van der Waals surface area contributed by atoms with Crippen molar-refractivity contribution in [1.82, 2.24) is 0 Å². The van der Waals surface area contributed by atoms with Crippen molar-refractivity contribution in [3.8, 4) is 0 Å². The van der Waals surface area contributed by atoms with Crippen LogP contribution in [0.25, 0.3) is 0 Å². The van der Waals surface area contributed by atoms with Crippen LogP contribution in [-0.4, -0.2) is 35.5 Å². The molecule has 0 aromatic heterocycles. The summed E-state index contributed by atoms with van der Waals surface area (Å²) in [4.78, 5) is 0. The van der Waals surface area contributed by atoms with Gasteiger partial charge in [-0.3, -0.25) is 0 Å². The van der Waals surface area contributed by atoms with Gasteiger partial charge < -0.3 is 19.5 Å². The second-order valence-electron chi connectivity index (χ2n) is 5.39. The van der Waals surface area contributed by atoms with E-state index >= 15 is 0 Å². The molecule has 0 saturated carbocycles.